The van der Waals surface area contributed by atoms with Crippen molar-refractivity contribution in [3.05, 3.63) is 65.7 Å². The van der Waals surface area contributed by atoms with Crippen LogP contribution in [0.1, 0.15) is 22.7 Å². The maximum Gasteiger partial charge on any atom is 0.161 e. The van der Waals surface area contributed by atoms with Crippen LogP contribution in [0.4, 0.5) is 0 Å². The predicted molar refractivity (Wildman–Crippen MR) is 94.1 cm³/mol. The first-order valence-electron chi connectivity index (χ1n) is 7.85. The fraction of sp³-hybridized carbons (Fsp3) is 0.300. The van der Waals surface area contributed by atoms with Gasteiger partial charge >= 0.3 is 0 Å². The van der Waals surface area contributed by atoms with E-state index in [0.717, 1.165) is 30.0 Å². The Hall–Kier alpha value is -2.26. The van der Waals surface area contributed by atoms with Crippen molar-refractivity contribution in [1.82, 2.24) is 4.90 Å². The van der Waals surface area contributed by atoms with Crippen molar-refractivity contribution in [1.29, 1.82) is 0 Å². The summed E-state index contributed by atoms with van der Waals surface area (Å²) in [5.74, 6) is 1.56. The molecule has 1 atom stereocenters. The molecule has 1 heterocycles. The Kier molecular flexibility index (Phi) is 4.39. The molecule has 1 aliphatic rings. The highest BCUT2D eigenvalue weighted by atomic mass is 16.5. The first-order chi connectivity index (χ1) is 11.2. The highest BCUT2D eigenvalue weighted by molar-refractivity contribution is 5.71. The Morgan fingerprint density at radius 1 is 1.09 bits per heavy atom. The Labute approximate surface area is 138 Å². The molecule has 3 nitrogen and oxygen atoms in total. The quantitative estimate of drug-likeness (QED) is 0.853. The zero-order valence-corrected chi connectivity index (χ0v) is 14.0. The minimum Gasteiger partial charge on any atom is -0.493 e. The summed E-state index contributed by atoms with van der Waals surface area (Å²) in [5, 5.41) is 0. The molecule has 0 saturated carbocycles. The number of hydrogen-bond acceptors (Lipinski definition) is 3. The molecule has 0 aliphatic carbocycles. The number of nitrogens with zero attached hydrogens (tertiary/aromatic N) is 1. The van der Waals surface area contributed by atoms with Crippen molar-refractivity contribution >= 4 is 5.57 Å². The van der Waals surface area contributed by atoms with E-state index in [4.69, 9.17) is 9.47 Å². The summed E-state index contributed by atoms with van der Waals surface area (Å²) in [7, 11) is 5.51. The van der Waals surface area contributed by atoms with E-state index in [-0.39, 0.29) is 6.04 Å². The summed E-state index contributed by atoms with van der Waals surface area (Å²) < 4.78 is 10.9. The SMILES string of the molecule is C=C(c1ccccc1)C1c2cc(OC)c(OC)cc2CCN1C. The van der Waals surface area contributed by atoms with Gasteiger partial charge in [0.2, 0.25) is 0 Å². The second-order valence-electron chi connectivity index (χ2n) is 5.93. The van der Waals surface area contributed by atoms with E-state index in [0.29, 0.717) is 0 Å². The van der Waals surface area contributed by atoms with Crippen LogP contribution in [0.15, 0.2) is 49.0 Å². The average molecular weight is 309 g/mol. The van der Waals surface area contributed by atoms with Crippen molar-refractivity contribution in [2.24, 2.45) is 0 Å². The lowest BCUT2D eigenvalue weighted by Gasteiger charge is -2.36. The van der Waals surface area contributed by atoms with E-state index < -0.39 is 0 Å². The van der Waals surface area contributed by atoms with Crippen molar-refractivity contribution in [3.8, 4) is 11.5 Å². The molecule has 3 rings (SSSR count). The van der Waals surface area contributed by atoms with Crippen LogP contribution in [0.5, 0.6) is 11.5 Å². The fourth-order valence-electron chi connectivity index (χ4n) is 3.34. The smallest absolute Gasteiger partial charge is 0.161 e. The molecule has 0 saturated heterocycles. The molecule has 0 amide bonds. The van der Waals surface area contributed by atoms with Crippen LogP contribution < -0.4 is 9.47 Å². The number of likely N-dealkylation sites (N-methyl/N-ethyl adjacent to an activating group) is 1. The topological polar surface area (TPSA) is 21.7 Å². The normalized spacial score (nSPS) is 17.4. The molecule has 0 aromatic heterocycles. The molecule has 2 aromatic rings. The number of methoxy groups -OCH3 is 2. The third-order valence-electron chi connectivity index (χ3n) is 4.59. The number of rotatable bonds is 4. The second kappa shape index (κ2) is 6.47. The molecular weight excluding hydrogens is 286 g/mol. The van der Waals surface area contributed by atoms with Crippen LogP contribution in [0.3, 0.4) is 0 Å². The van der Waals surface area contributed by atoms with Gasteiger partial charge in [-0.15, -0.1) is 0 Å². The number of fused-ring (bicyclic) bond motifs is 1. The molecule has 0 bridgehead atoms. The van der Waals surface area contributed by atoms with Crippen LogP contribution in [-0.2, 0) is 6.42 Å². The van der Waals surface area contributed by atoms with Gasteiger partial charge in [-0.25, -0.2) is 0 Å². The van der Waals surface area contributed by atoms with Crippen molar-refractivity contribution in [3.63, 3.8) is 0 Å². The van der Waals surface area contributed by atoms with Gasteiger partial charge < -0.3 is 9.47 Å². The zero-order chi connectivity index (χ0) is 16.4. The van der Waals surface area contributed by atoms with Gasteiger partial charge in [-0.2, -0.15) is 0 Å². The van der Waals surface area contributed by atoms with E-state index in [1.165, 1.54) is 16.7 Å². The predicted octanol–water partition coefficient (Wildman–Crippen LogP) is 3.95. The summed E-state index contributed by atoms with van der Waals surface area (Å²) in [6.45, 7) is 5.38. The summed E-state index contributed by atoms with van der Waals surface area (Å²) >= 11 is 0. The highest BCUT2D eigenvalue weighted by Crippen LogP contribution is 2.42. The molecule has 2 aromatic carbocycles. The maximum atomic E-state index is 5.50. The van der Waals surface area contributed by atoms with Gasteiger partial charge in [-0.3, -0.25) is 4.90 Å². The van der Waals surface area contributed by atoms with E-state index in [1.54, 1.807) is 14.2 Å². The lowest BCUT2D eigenvalue weighted by molar-refractivity contribution is 0.276. The third-order valence-corrected chi connectivity index (χ3v) is 4.59. The third kappa shape index (κ3) is 2.84. The Bertz CT molecular complexity index is 709. The van der Waals surface area contributed by atoms with Gasteiger partial charge in [0, 0.05) is 6.54 Å². The lowest BCUT2D eigenvalue weighted by Crippen LogP contribution is -2.32. The summed E-state index contributed by atoms with van der Waals surface area (Å²) in [5.41, 5.74) is 4.85. The average Bonchev–Trinajstić information content (AvgIpc) is 2.60. The van der Waals surface area contributed by atoms with Crippen molar-refractivity contribution < 1.29 is 9.47 Å². The molecular formula is C20H23NO2. The number of ether oxygens (including phenoxy) is 2. The molecule has 0 N–H and O–H groups in total. The van der Waals surface area contributed by atoms with Crippen LogP contribution in [0.2, 0.25) is 0 Å². The molecule has 3 heteroatoms. The van der Waals surface area contributed by atoms with Gasteiger partial charge in [0.25, 0.3) is 0 Å². The van der Waals surface area contributed by atoms with Crippen molar-refractivity contribution in [2.45, 2.75) is 12.5 Å². The monoisotopic (exact) mass is 309 g/mol. The number of benzene rings is 2. The molecule has 23 heavy (non-hydrogen) atoms. The van der Waals surface area contributed by atoms with Gasteiger partial charge in [-0.1, -0.05) is 36.9 Å². The molecule has 0 fully saturated rings. The largest absolute Gasteiger partial charge is 0.493 e. The van der Waals surface area contributed by atoms with Crippen LogP contribution in [0.25, 0.3) is 5.57 Å². The second-order valence-corrected chi connectivity index (χ2v) is 5.93. The number of hydrogen-bond donors (Lipinski definition) is 0. The first-order valence-corrected chi connectivity index (χ1v) is 7.85. The molecule has 120 valence electrons. The van der Waals surface area contributed by atoms with Crippen LogP contribution in [0, 0.1) is 0 Å². The van der Waals surface area contributed by atoms with Crippen LogP contribution in [-0.4, -0.2) is 32.7 Å². The van der Waals surface area contributed by atoms with Gasteiger partial charge in [0.15, 0.2) is 11.5 Å². The standard InChI is InChI=1S/C20H23NO2/c1-14(15-8-6-5-7-9-15)20-17-13-19(23-4)18(22-3)12-16(17)10-11-21(20)2/h5-9,12-13,20H,1,10-11H2,2-4H3. The maximum absolute atomic E-state index is 5.50. The molecule has 0 spiro atoms. The Balaban J connectivity index is 2.07. The van der Waals surface area contributed by atoms with Gasteiger partial charge in [0.1, 0.15) is 0 Å². The minimum absolute atomic E-state index is 0.154. The molecule has 0 radical (unpaired) electrons. The Morgan fingerprint density at radius 2 is 1.74 bits per heavy atom. The lowest BCUT2D eigenvalue weighted by atomic mass is 9.86. The van der Waals surface area contributed by atoms with E-state index in [2.05, 4.69) is 54.9 Å². The van der Waals surface area contributed by atoms with E-state index in [9.17, 15) is 0 Å². The van der Waals surface area contributed by atoms with Crippen molar-refractivity contribution in [2.75, 3.05) is 27.8 Å². The molecule has 1 aliphatic heterocycles. The first kappa shape index (κ1) is 15.6. The van der Waals surface area contributed by atoms with Gasteiger partial charge in [0.05, 0.1) is 20.3 Å². The highest BCUT2D eigenvalue weighted by Gasteiger charge is 2.29. The Morgan fingerprint density at radius 3 is 2.39 bits per heavy atom. The fourth-order valence-corrected chi connectivity index (χ4v) is 3.34. The minimum atomic E-state index is 0.154. The van der Waals surface area contributed by atoms with Crippen LogP contribution >= 0.6 is 0 Å². The summed E-state index contributed by atoms with van der Waals surface area (Å²) in [4.78, 5) is 2.35. The summed E-state index contributed by atoms with van der Waals surface area (Å²) in [6.07, 6.45) is 1.00. The molecule has 1 unspecified atom stereocenters. The van der Waals surface area contributed by atoms with E-state index >= 15 is 0 Å². The van der Waals surface area contributed by atoms with E-state index in [1.807, 2.05) is 6.07 Å². The van der Waals surface area contributed by atoms with Gasteiger partial charge in [-0.05, 0) is 47.9 Å². The zero-order valence-electron chi connectivity index (χ0n) is 14.0. The summed E-state index contributed by atoms with van der Waals surface area (Å²) in [6, 6.07) is 14.7.